The third-order valence-electron chi connectivity index (χ3n) is 5.06. The van der Waals surface area contributed by atoms with Crippen molar-refractivity contribution in [2.75, 3.05) is 0 Å². The molecular formula is C26H29N. The fourth-order valence-electron chi connectivity index (χ4n) is 3.70. The SMILES string of the molecule is C=Cc1ccc(-c2ccc3c(c2)C(C)(C)c2ccccc2-3)cc1.C=N.CC. The van der Waals surface area contributed by atoms with Crippen LogP contribution in [-0.4, -0.2) is 6.72 Å². The van der Waals surface area contributed by atoms with Crippen molar-refractivity contribution in [1.82, 2.24) is 0 Å². The first kappa shape index (κ1) is 20.4. The molecule has 4 rings (SSSR count). The van der Waals surface area contributed by atoms with Crippen molar-refractivity contribution in [1.29, 1.82) is 5.41 Å². The van der Waals surface area contributed by atoms with E-state index < -0.39 is 0 Å². The molecule has 0 saturated heterocycles. The van der Waals surface area contributed by atoms with Crippen molar-refractivity contribution >= 4 is 12.8 Å². The summed E-state index contributed by atoms with van der Waals surface area (Å²) in [5.74, 6) is 0. The molecule has 0 spiro atoms. The van der Waals surface area contributed by atoms with Gasteiger partial charge in [0.15, 0.2) is 0 Å². The van der Waals surface area contributed by atoms with Crippen LogP contribution in [0.15, 0.2) is 73.3 Å². The molecule has 1 heteroatoms. The Labute approximate surface area is 163 Å². The fourth-order valence-corrected chi connectivity index (χ4v) is 3.70. The Morgan fingerprint density at radius 1 is 0.741 bits per heavy atom. The Bertz CT molecular complexity index is 917. The maximum atomic E-state index is 5.50. The van der Waals surface area contributed by atoms with Gasteiger partial charge in [0, 0.05) is 5.41 Å². The highest BCUT2D eigenvalue weighted by Gasteiger charge is 2.35. The summed E-state index contributed by atoms with van der Waals surface area (Å²) < 4.78 is 0. The summed E-state index contributed by atoms with van der Waals surface area (Å²) in [5.41, 5.74) is 9.34. The third-order valence-corrected chi connectivity index (χ3v) is 5.06. The van der Waals surface area contributed by atoms with Gasteiger partial charge >= 0.3 is 0 Å². The maximum absolute atomic E-state index is 5.50. The fraction of sp³-hybridized carbons (Fsp3) is 0.192. The molecule has 0 atom stereocenters. The molecule has 0 radical (unpaired) electrons. The molecule has 0 saturated carbocycles. The van der Waals surface area contributed by atoms with Gasteiger partial charge in [-0.1, -0.05) is 101 Å². The van der Waals surface area contributed by atoms with Gasteiger partial charge in [-0.2, -0.15) is 0 Å². The third kappa shape index (κ3) is 3.64. The lowest BCUT2D eigenvalue weighted by atomic mass is 9.81. The van der Waals surface area contributed by atoms with E-state index in [2.05, 4.69) is 93.9 Å². The van der Waals surface area contributed by atoms with Gasteiger partial charge in [-0.15, -0.1) is 0 Å². The lowest BCUT2D eigenvalue weighted by Gasteiger charge is -2.22. The molecule has 1 N–H and O–H groups in total. The van der Waals surface area contributed by atoms with Gasteiger partial charge in [-0.3, -0.25) is 0 Å². The zero-order valence-electron chi connectivity index (χ0n) is 16.8. The topological polar surface area (TPSA) is 23.9 Å². The zero-order chi connectivity index (χ0) is 20.0. The van der Waals surface area contributed by atoms with E-state index in [1.807, 2.05) is 19.9 Å². The van der Waals surface area contributed by atoms with Crippen LogP contribution in [0.2, 0.25) is 0 Å². The van der Waals surface area contributed by atoms with Gasteiger partial charge in [0.2, 0.25) is 0 Å². The Hall–Kier alpha value is -2.93. The van der Waals surface area contributed by atoms with E-state index in [0.29, 0.717) is 0 Å². The minimum absolute atomic E-state index is 0.0585. The standard InChI is InChI=1S/C23H20.C2H6.CH3N/c1-4-16-9-11-17(12-10-16)18-13-14-20-19-7-5-6-8-21(19)23(2,3)22(20)15-18;2*1-2/h4-15H,1H2,2-3H3;1-2H3;2H,1H2. The van der Waals surface area contributed by atoms with Crippen LogP contribution >= 0.6 is 0 Å². The van der Waals surface area contributed by atoms with Crippen LogP contribution in [0.5, 0.6) is 0 Å². The first-order valence-corrected chi connectivity index (χ1v) is 9.44. The molecule has 0 fully saturated rings. The molecule has 138 valence electrons. The molecule has 0 bridgehead atoms. The van der Waals surface area contributed by atoms with Crippen molar-refractivity contribution in [3.05, 3.63) is 90.0 Å². The average molecular weight is 356 g/mol. The van der Waals surface area contributed by atoms with E-state index in [1.165, 1.54) is 33.4 Å². The van der Waals surface area contributed by atoms with E-state index in [4.69, 9.17) is 5.41 Å². The van der Waals surface area contributed by atoms with E-state index in [9.17, 15) is 0 Å². The predicted molar refractivity (Wildman–Crippen MR) is 121 cm³/mol. The van der Waals surface area contributed by atoms with Crippen molar-refractivity contribution in [2.24, 2.45) is 0 Å². The minimum Gasteiger partial charge on any atom is -0.317 e. The van der Waals surface area contributed by atoms with Gasteiger partial charge < -0.3 is 5.41 Å². The molecular weight excluding hydrogens is 326 g/mol. The van der Waals surface area contributed by atoms with Crippen LogP contribution in [0.3, 0.4) is 0 Å². The minimum atomic E-state index is 0.0585. The molecule has 0 aromatic heterocycles. The van der Waals surface area contributed by atoms with Crippen LogP contribution in [0.1, 0.15) is 44.4 Å². The largest absolute Gasteiger partial charge is 0.317 e. The van der Waals surface area contributed by atoms with Crippen LogP contribution < -0.4 is 0 Å². The summed E-state index contributed by atoms with van der Waals surface area (Å²) in [6.07, 6.45) is 1.88. The predicted octanol–water partition coefficient (Wildman–Crippen LogP) is 7.59. The van der Waals surface area contributed by atoms with Gasteiger partial charge in [0.25, 0.3) is 0 Å². The highest BCUT2D eigenvalue weighted by molar-refractivity contribution is 5.83. The normalized spacial score (nSPS) is 12.4. The number of benzene rings is 3. The van der Waals surface area contributed by atoms with Crippen LogP contribution in [0, 0.1) is 5.41 Å². The Kier molecular flexibility index (Phi) is 6.52. The quantitative estimate of drug-likeness (QED) is 0.458. The number of hydrogen-bond donors (Lipinski definition) is 1. The number of nitrogens with one attached hydrogen (secondary N) is 1. The highest BCUT2D eigenvalue weighted by Crippen LogP contribution is 2.49. The molecule has 1 aliphatic rings. The van der Waals surface area contributed by atoms with Crippen LogP contribution in [-0.2, 0) is 5.41 Å². The van der Waals surface area contributed by atoms with E-state index in [0.717, 1.165) is 5.56 Å². The smallest absolute Gasteiger partial charge is 0.0159 e. The maximum Gasteiger partial charge on any atom is 0.0159 e. The summed E-state index contributed by atoms with van der Waals surface area (Å²) in [4.78, 5) is 0. The lowest BCUT2D eigenvalue weighted by molar-refractivity contribution is 0.660. The average Bonchev–Trinajstić information content (AvgIpc) is 2.98. The Morgan fingerprint density at radius 3 is 1.93 bits per heavy atom. The second-order valence-electron chi connectivity index (χ2n) is 6.76. The van der Waals surface area contributed by atoms with Crippen molar-refractivity contribution in [2.45, 2.75) is 33.1 Å². The summed E-state index contributed by atoms with van der Waals surface area (Å²) in [6, 6.07) is 24.2. The summed E-state index contributed by atoms with van der Waals surface area (Å²) in [7, 11) is 0. The van der Waals surface area contributed by atoms with Crippen molar-refractivity contribution in [3.63, 3.8) is 0 Å². The van der Waals surface area contributed by atoms with E-state index >= 15 is 0 Å². The van der Waals surface area contributed by atoms with Gasteiger partial charge in [0.05, 0.1) is 0 Å². The highest BCUT2D eigenvalue weighted by atomic mass is 14.4. The van der Waals surface area contributed by atoms with Gasteiger partial charge in [-0.05, 0) is 51.7 Å². The van der Waals surface area contributed by atoms with Gasteiger partial charge in [0.1, 0.15) is 0 Å². The number of rotatable bonds is 2. The number of hydrogen-bond acceptors (Lipinski definition) is 1. The number of fused-ring (bicyclic) bond motifs is 3. The van der Waals surface area contributed by atoms with E-state index in [-0.39, 0.29) is 5.41 Å². The zero-order valence-corrected chi connectivity index (χ0v) is 16.8. The summed E-state index contributed by atoms with van der Waals surface area (Å²) >= 11 is 0. The molecule has 0 unspecified atom stereocenters. The monoisotopic (exact) mass is 355 g/mol. The van der Waals surface area contributed by atoms with Crippen LogP contribution in [0.4, 0.5) is 0 Å². The second kappa shape index (κ2) is 8.64. The molecule has 0 heterocycles. The molecule has 1 nitrogen and oxygen atoms in total. The lowest BCUT2D eigenvalue weighted by Crippen LogP contribution is -2.14. The molecule has 0 aliphatic heterocycles. The second-order valence-corrected chi connectivity index (χ2v) is 6.76. The molecule has 27 heavy (non-hydrogen) atoms. The Balaban J connectivity index is 0.000000614. The summed E-state index contributed by atoms with van der Waals surface area (Å²) in [6.45, 7) is 15.0. The van der Waals surface area contributed by atoms with E-state index in [1.54, 1.807) is 0 Å². The van der Waals surface area contributed by atoms with Crippen molar-refractivity contribution in [3.8, 4) is 22.3 Å². The molecule has 1 aliphatic carbocycles. The first-order chi connectivity index (χ1) is 13.1. The summed E-state index contributed by atoms with van der Waals surface area (Å²) in [5, 5.41) is 5.50. The molecule has 3 aromatic rings. The Morgan fingerprint density at radius 2 is 1.30 bits per heavy atom. The molecule has 3 aromatic carbocycles. The van der Waals surface area contributed by atoms with Gasteiger partial charge in [-0.25, -0.2) is 0 Å². The first-order valence-electron chi connectivity index (χ1n) is 9.44. The van der Waals surface area contributed by atoms with Crippen LogP contribution in [0.25, 0.3) is 28.3 Å². The molecule has 0 amide bonds. The van der Waals surface area contributed by atoms with Crippen molar-refractivity contribution < 1.29 is 0 Å².